The van der Waals surface area contributed by atoms with Gasteiger partial charge in [-0.15, -0.1) is 12.4 Å². The molecule has 0 radical (unpaired) electrons. The Morgan fingerprint density at radius 3 is 2.45 bits per heavy atom. The Bertz CT molecular complexity index is 960. The van der Waals surface area contributed by atoms with Crippen molar-refractivity contribution in [3.05, 3.63) is 64.7 Å². The smallest absolute Gasteiger partial charge is 0.324 e. The summed E-state index contributed by atoms with van der Waals surface area (Å²) < 4.78 is 0. The topological polar surface area (TPSA) is 92.7 Å². The van der Waals surface area contributed by atoms with Crippen LogP contribution in [0.5, 0.6) is 0 Å². The predicted octanol–water partition coefficient (Wildman–Crippen LogP) is 3.94. The van der Waals surface area contributed by atoms with E-state index in [1.54, 1.807) is 23.1 Å². The first kappa shape index (κ1) is 23.4. The van der Waals surface area contributed by atoms with Crippen molar-refractivity contribution in [2.75, 3.05) is 24.5 Å². The zero-order chi connectivity index (χ0) is 21.3. The van der Waals surface area contributed by atoms with E-state index < -0.39 is 5.91 Å². The lowest BCUT2D eigenvalue weighted by Crippen LogP contribution is -2.46. The van der Waals surface area contributed by atoms with Gasteiger partial charge in [-0.3, -0.25) is 9.69 Å². The molecule has 8 heteroatoms. The maximum Gasteiger partial charge on any atom is 0.324 e. The van der Waals surface area contributed by atoms with Gasteiger partial charge in [0.05, 0.1) is 0 Å². The molecule has 1 aliphatic carbocycles. The van der Waals surface area contributed by atoms with Gasteiger partial charge in [-0.1, -0.05) is 29.8 Å². The molecule has 0 unspecified atom stereocenters. The average Bonchev–Trinajstić information content (AvgIpc) is 3.15. The number of urea groups is 1. The van der Waals surface area contributed by atoms with Gasteiger partial charge in [0, 0.05) is 47.4 Å². The average molecular weight is 463 g/mol. The number of halogens is 2. The fourth-order valence-corrected chi connectivity index (χ4v) is 5.05. The minimum atomic E-state index is -0.494. The van der Waals surface area contributed by atoms with E-state index in [4.69, 9.17) is 23.1 Å². The molecule has 1 heterocycles. The summed E-state index contributed by atoms with van der Waals surface area (Å²) in [7, 11) is 0. The molecule has 4 N–H and O–H groups in total. The lowest BCUT2D eigenvalue weighted by atomic mass is 9.68. The summed E-state index contributed by atoms with van der Waals surface area (Å²) in [4.78, 5) is 28.3. The van der Waals surface area contributed by atoms with Crippen LogP contribution in [-0.2, 0) is 5.41 Å². The van der Waals surface area contributed by atoms with E-state index in [0.29, 0.717) is 30.9 Å². The van der Waals surface area contributed by atoms with E-state index in [-0.39, 0.29) is 29.9 Å². The molecule has 3 amide bonds. The number of hydrogen-bond acceptors (Lipinski definition) is 3. The molecular weight excluding hydrogens is 435 g/mol. The molecule has 6 nitrogen and oxygen atoms in total. The largest absolute Gasteiger partial charge is 0.366 e. The summed E-state index contributed by atoms with van der Waals surface area (Å²) >= 11 is 6.21. The molecule has 0 spiro atoms. The number of primary amides is 1. The van der Waals surface area contributed by atoms with Crippen molar-refractivity contribution in [3.63, 3.8) is 0 Å². The Morgan fingerprint density at radius 1 is 1.10 bits per heavy atom. The number of nitrogens with two attached hydrogens (primary N) is 2. The summed E-state index contributed by atoms with van der Waals surface area (Å²) in [5.74, 6) is -0.494. The van der Waals surface area contributed by atoms with Crippen LogP contribution in [0.3, 0.4) is 0 Å². The second kappa shape index (κ2) is 9.47. The fraction of sp³-hybridized carbons (Fsp3) is 0.391. The van der Waals surface area contributed by atoms with E-state index >= 15 is 0 Å². The van der Waals surface area contributed by atoms with Crippen molar-refractivity contribution >= 4 is 41.6 Å². The summed E-state index contributed by atoms with van der Waals surface area (Å²) in [6.07, 6.45) is 3.67. The third-order valence-electron chi connectivity index (χ3n) is 6.66. The van der Waals surface area contributed by atoms with Crippen molar-refractivity contribution in [3.8, 4) is 0 Å². The molecule has 0 aromatic heterocycles. The highest BCUT2D eigenvalue weighted by atomic mass is 35.5. The Balaban J connectivity index is 0.00000272. The Hall–Kier alpha value is -2.28. The minimum Gasteiger partial charge on any atom is -0.366 e. The normalized spacial score (nSPS) is 23.5. The predicted molar refractivity (Wildman–Crippen MR) is 126 cm³/mol. The maximum atomic E-state index is 13.1. The second-order valence-electron chi connectivity index (χ2n) is 8.27. The van der Waals surface area contributed by atoms with Crippen LogP contribution in [0.15, 0.2) is 48.5 Å². The number of amides is 3. The Morgan fingerprint density at radius 2 is 1.81 bits per heavy atom. The highest BCUT2D eigenvalue weighted by molar-refractivity contribution is 6.30. The van der Waals surface area contributed by atoms with Crippen molar-refractivity contribution in [2.24, 2.45) is 11.5 Å². The lowest BCUT2D eigenvalue weighted by Gasteiger charge is -2.42. The van der Waals surface area contributed by atoms with Crippen LogP contribution in [0, 0.1) is 0 Å². The van der Waals surface area contributed by atoms with Crippen LogP contribution >= 0.6 is 24.0 Å². The van der Waals surface area contributed by atoms with Crippen LogP contribution < -0.4 is 16.4 Å². The number of carbonyl (C=O) groups is 2. The van der Waals surface area contributed by atoms with Crippen molar-refractivity contribution in [1.82, 2.24) is 4.90 Å². The highest BCUT2D eigenvalue weighted by Gasteiger charge is 2.41. The third-order valence-corrected chi connectivity index (χ3v) is 6.90. The van der Waals surface area contributed by atoms with Gasteiger partial charge < -0.3 is 16.4 Å². The molecule has 1 saturated carbocycles. The lowest BCUT2D eigenvalue weighted by molar-refractivity contribution is 0.1000. The van der Waals surface area contributed by atoms with E-state index in [0.717, 1.165) is 30.7 Å². The van der Waals surface area contributed by atoms with Crippen molar-refractivity contribution in [1.29, 1.82) is 0 Å². The molecule has 2 fully saturated rings. The molecule has 0 bridgehead atoms. The number of rotatable bonds is 5. The van der Waals surface area contributed by atoms with Crippen LogP contribution in [-0.4, -0.2) is 42.5 Å². The van der Waals surface area contributed by atoms with Crippen LogP contribution in [0.4, 0.5) is 10.5 Å². The first-order valence-electron chi connectivity index (χ1n) is 10.4. The molecular formula is C23H28Cl2N4O2. The summed E-state index contributed by atoms with van der Waals surface area (Å²) in [6, 6.07) is 15.1. The quantitative estimate of drug-likeness (QED) is 0.704. The van der Waals surface area contributed by atoms with Gasteiger partial charge in [-0.05, 0) is 61.6 Å². The van der Waals surface area contributed by atoms with Gasteiger partial charge in [0.2, 0.25) is 5.91 Å². The van der Waals surface area contributed by atoms with Gasteiger partial charge >= 0.3 is 6.03 Å². The number of nitrogens with zero attached hydrogens (tertiary/aromatic N) is 2. The minimum absolute atomic E-state index is 0. The van der Waals surface area contributed by atoms with Gasteiger partial charge in [0.1, 0.15) is 0 Å². The molecule has 31 heavy (non-hydrogen) atoms. The summed E-state index contributed by atoms with van der Waals surface area (Å²) in [5.41, 5.74) is 13.8. The molecule has 166 valence electrons. The van der Waals surface area contributed by atoms with Gasteiger partial charge in [0.15, 0.2) is 0 Å². The number of anilines is 1. The van der Waals surface area contributed by atoms with Gasteiger partial charge in [-0.25, -0.2) is 4.79 Å². The van der Waals surface area contributed by atoms with Crippen LogP contribution in [0.25, 0.3) is 0 Å². The van der Waals surface area contributed by atoms with Gasteiger partial charge in [-0.2, -0.15) is 0 Å². The molecule has 2 aliphatic rings. The zero-order valence-corrected chi connectivity index (χ0v) is 18.9. The van der Waals surface area contributed by atoms with E-state index in [1.807, 2.05) is 29.2 Å². The fourth-order valence-electron chi connectivity index (χ4n) is 4.86. The van der Waals surface area contributed by atoms with Crippen molar-refractivity contribution < 1.29 is 9.59 Å². The monoisotopic (exact) mass is 462 g/mol. The zero-order valence-electron chi connectivity index (χ0n) is 17.3. The van der Waals surface area contributed by atoms with E-state index in [9.17, 15) is 9.59 Å². The Labute approximate surface area is 193 Å². The highest BCUT2D eigenvalue weighted by Crippen LogP contribution is 2.41. The molecule has 2 aromatic carbocycles. The number of carbonyl (C=O) groups excluding carboxylic acids is 2. The van der Waals surface area contributed by atoms with Crippen molar-refractivity contribution in [2.45, 2.75) is 37.1 Å². The molecule has 4 rings (SSSR count). The number of hydrogen-bond donors (Lipinski definition) is 2. The molecule has 0 atom stereocenters. The summed E-state index contributed by atoms with van der Waals surface area (Å²) in [6.45, 7) is 1.85. The Kier molecular flexibility index (Phi) is 7.14. The maximum absolute atomic E-state index is 13.1. The molecule has 1 aliphatic heterocycles. The summed E-state index contributed by atoms with van der Waals surface area (Å²) in [5, 5.41) is 0.728. The van der Waals surface area contributed by atoms with E-state index in [2.05, 4.69) is 6.07 Å². The SMILES string of the molecule is Cl.NCC1(c2cccc(Cl)c2)CCC(N2CCN(c3cccc(C(N)=O)c3)C2=O)CC1. The number of benzene rings is 2. The standard InChI is InChI=1S/C23H27ClN4O2.ClH/c24-18-5-2-4-17(14-18)23(15-25)9-7-19(8-10-23)27-11-12-28(22(27)30)20-6-1-3-16(13-20)21(26)29;/h1-6,13-14,19H,7-12,15,25H2,(H2,26,29);1H. The molecule has 1 saturated heterocycles. The first-order chi connectivity index (χ1) is 14.4. The van der Waals surface area contributed by atoms with Crippen LogP contribution in [0.1, 0.15) is 41.6 Å². The third kappa shape index (κ3) is 4.52. The second-order valence-corrected chi connectivity index (χ2v) is 8.70. The van der Waals surface area contributed by atoms with Gasteiger partial charge in [0.25, 0.3) is 0 Å². The first-order valence-corrected chi connectivity index (χ1v) is 10.8. The molecule has 2 aromatic rings. The van der Waals surface area contributed by atoms with E-state index in [1.165, 1.54) is 5.56 Å². The van der Waals surface area contributed by atoms with Crippen LogP contribution in [0.2, 0.25) is 5.02 Å².